The number of amides is 2. The summed E-state index contributed by atoms with van der Waals surface area (Å²) in [7, 11) is -3.93. The molecule has 2 aliphatic carbocycles. The molecule has 3 atom stereocenters. The topological polar surface area (TPSA) is 108 Å². The predicted molar refractivity (Wildman–Crippen MR) is 158 cm³/mol. The van der Waals surface area contributed by atoms with Gasteiger partial charge in [0.15, 0.2) is 0 Å². The molecule has 0 unspecified atom stereocenters. The third-order valence-corrected chi connectivity index (χ3v) is 10.9. The Morgan fingerprint density at radius 3 is 2.68 bits per heavy atom. The van der Waals surface area contributed by atoms with E-state index in [0.29, 0.717) is 6.04 Å². The van der Waals surface area contributed by atoms with E-state index in [-0.39, 0.29) is 36.4 Å². The third-order valence-electron chi connectivity index (χ3n) is 8.99. The molecule has 1 saturated carbocycles. The zero-order valence-electron chi connectivity index (χ0n) is 23.7. The first-order chi connectivity index (χ1) is 19.8. The van der Waals surface area contributed by atoms with Crippen LogP contribution in [0.2, 0.25) is 0 Å². The first-order valence-corrected chi connectivity index (χ1v) is 16.4. The van der Waals surface area contributed by atoms with E-state index in [1.54, 1.807) is 24.3 Å². The fourth-order valence-corrected chi connectivity index (χ4v) is 8.13. The molecule has 0 spiro atoms. The molecule has 2 fully saturated rings. The van der Waals surface area contributed by atoms with Gasteiger partial charge in [0.25, 0.3) is 0 Å². The zero-order valence-corrected chi connectivity index (χ0v) is 24.5. The van der Waals surface area contributed by atoms with Gasteiger partial charge >= 0.3 is 0 Å². The van der Waals surface area contributed by atoms with Gasteiger partial charge in [-0.05, 0) is 79.3 Å². The Kier molecular flexibility index (Phi) is 8.03. The highest BCUT2D eigenvalue weighted by molar-refractivity contribution is 7.89. The summed E-state index contributed by atoms with van der Waals surface area (Å²) < 4.78 is 28.0. The second-order valence-corrected chi connectivity index (χ2v) is 14.0. The summed E-state index contributed by atoms with van der Waals surface area (Å²) in [4.78, 5) is 26.3. The number of carbonyl (C=O) groups is 2. The van der Waals surface area contributed by atoms with Crippen LogP contribution in [0.25, 0.3) is 5.57 Å². The molecule has 2 aromatic rings. The van der Waals surface area contributed by atoms with Crippen molar-refractivity contribution in [1.29, 1.82) is 0 Å². The van der Waals surface area contributed by atoms with Gasteiger partial charge in [-0.15, -0.1) is 0 Å². The molecule has 2 heterocycles. The van der Waals surface area contributed by atoms with E-state index < -0.39 is 22.0 Å². The monoisotopic (exact) mass is 576 g/mol. The van der Waals surface area contributed by atoms with Crippen molar-refractivity contribution in [3.8, 4) is 0 Å². The van der Waals surface area contributed by atoms with Gasteiger partial charge < -0.3 is 16.0 Å². The second-order valence-electron chi connectivity index (χ2n) is 12.1. The van der Waals surface area contributed by atoms with Crippen LogP contribution in [0.1, 0.15) is 73.2 Å². The maximum atomic E-state index is 13.4. The van der Waals surface area contributed by atoms with E-state index in [9.17, 15) is 18.0 Å². The summed E-state index contributed by atoms with van der Waals surface area (Å²) in [5, 5.41) is 9.52. The number of hydrogen-bond acceptors (Lipinski definition) is 5. The molecule has 4 aliphatic rings. The number of piperazine rings is 1. The lowest BCUT2D eigenvalue weighted by molar-refractivity contribution is -0.132. The van der Waals surface area contributed by atoms with E-state index in [1.165, 1.54) is 40.3 Å². The molecule has 3 N–H and O–H groups in total. The van der Waals surface area contributed by atoms with Crippen LogP contribution in [-0.2, 0) is 26.0 Å². The van der Waals surface area contributed by atoms with E-state index in [2.05, 4.69) is 40.2 Å². The van der Waals surface area contributed by atoms with E-state index >= 15 is 0 Å². The highest BCUT2D eigenvalue weighted by atomic mass is 32.2. The normalized spacial score (nSPS) is 25.1. The number of nitrogens with zero attached hydrogens (tertiary/aromatic N) is 1. The fourth-order valence-electron chi connectivity index (χ4n) is 6.54. The Morgan fingerprint density at radius 2 is 1.90 bits per heavy atom. The lowest BCUT2D eigenvalue weighted by Gasteiger charge is -2.34. The molecule has 0 bridgehead atoms. The van der Waals surface area contributed by atoms with Gasteiger partial charge in [-0.25, -0.2) is 8.42 Å². The molecule has 2 aromatic carbocycles. The Morgan fingerprint density at radius 1 is 1.10 bits per heavy atom. The molecule has 0 aromatic heterocycles. The van der Waals surface area contributed by atoms with Crippen LogP contribution in [-0.4, -0.2) is 56.3 Å². The summed E-state index contributed by atoms with van der Waals surface area (Å²) in [5.74, 6) is 0.141. The lowest BCUT2D eigenvalue weighted by Crippen LogP contribution is -2.58. The molecular formula is C32H40N4O4S. The first-order valence-electron chi connectivity index (χ1n) is 15.0. The minimum atomic E-state index is -3.93. The summed E-state index contributed by atoms with van der Waals surface area (Å²) in [6.07, 6.45) is 9.90. The minimum Gasteiger partial charge on any atom is -0.353 e. The van der Waals surface area contributed by atoms with Crippen molar-refractivity contribution in [2.24, 2.45) is 5.92 Å². The van der Waals surface area contributed by atoms with Crippen molar-refractivity contribution in [1.82, 2.24) is 20.3 Å². The molecule has 41 heavy (non-hydrogen) atoms. The molecule has 9 heteroatoms. The average Bonchev–Trinajstić information content (AvgIpc) is 3.78. The number of hydrogen-bond donors (Lipinski definition) is 3. The van der Waals surface area contributed by atoms with Crippen LogP contribution in [0.5, 0.6) is 0 Å². The SMILES string of the molecule is Cc1ccc(S(=O)(=O)N2CCNC(=O)[C@H]2CC(=O)N[C@H]2CCCc3cc(C4=CCN[C@H](CC5CC5)C4)ccc32)cc1. The zero-order chi connectivity index (χ0) is 28.6. The van der Waals surface area contributed by atoms with Crippen LogP contribution in [0, 0.1) is 12.8 Å². The van der Waals surface area contributed by atoms with Crippen molar-refractivity contribution in [3.05, 3.63) is 70.8 Å². The highest BCUT2D eigenvalue weighted by Crippen LogP contribution is 2.37. The number of aryl methyl sites for hydroxylation is 2. The number of rotatable bonds is 8. The summed E-state index contributed by atoms with van der Waals surface area (Å²) >= 11 is 0. The van der Waals surface area contributed by atoms with Gasteiger partial charge in [-0.3, -0.25) is 9.59 Å². The smallest absolute Gasteiger partial charge is 0.243 e. The van der Waals surface area contributed by atoms with E-state index in [1.807, 2.05) is 6.92 Å². The van der Waals surface area contributed by atoms with Crippen molar-refractivity contribution < 1.29 is 18.0 Å². The van der Waals surface area contributed by atoms with Crippen molar-refractivity contribution in [3.63, 3.8) is 0 Å². The van der Waals surface area contributed by atoms with Gasteiger partial charge in [0.05, 0.1) is 17.4 Å². The number of benzene rings is 2. The maximum Gasteiger partial charge on any atom is 0.243 e. The number of fused-ring (bicyclic) bond motifs is 1. The van der Waals surface area contributed by atoms with Gasteiger partial charge in [0, 0.05) is 25.7 Å². The van der Waals surface area contributed by atoms with Crippen LogP contribution in [0.15, 0.2) is 53.4 Å². The molecule has 0 radical (unpaired) electrons. The average molecular weight is 577 g/mol. The molecular weight excluding hydrogens is 536 g/mol. The predicted octanol–water partition coefficient (Wildman–Crippen LogP) is 3.61. The van der Waals surface area contributed by atoms with E-state index in [4.69, 9.17) is 0 Å². The van der Waals surface area contributed by atoms with E-state index in [0.717, 1.165) is 49.3 Å². The summed E-state index contributed by atoms with van der Waals surface area (Å²) in [6, 6.07) is 12.5. The van der Waals surface area contributed by atoms with Crippen LogP contribution in [0.3, 0.4) is 0 Å². The van der Waals surface area contributed by atoms with Crippen LogP contribution >= 0.6 is 0 Å². The number of carbonyl (C=O) groups excluding carboxylic acids is 2. The van der Waals surface area contributed by atoms with Crippen LogP contribution < -0.4 is 16.0 Å². The third kappa shape index (κ3) is 6.27. The quantitative estimate of drug-likeness (QED) is 0.445. The summed E-state index contributed by atoms with van der Waals surface area (Å²) in [5.41, 5.74) is 6.00. The Hall–Kier alpha value is -3.01. The number of nitrogens with one attached hydrogen (secondary N) is 3. The fraction of sp³-hybridized carbons (Fsp3) is 0.500. The molecule has 1 saturated heterocycles. The Balaban J connectivity index is 1.14. The Bertz CT molecular complexity index is 1450. The van der Waals surface area contributed by atoms with Crippen molar-refractivity contribution in [2.75, 3.05) is 19.6 Å². The minimum absolute atomic E-state index is 0.127. The Labute approximate surface area is 243 Å². The maximum absolute atomic E-state index is 13.4. The molecule has 6 rings (SSSR count). The molecule has 8 nitrogen and oxygen atoms in total. The number of sulfonamides is 1. The first kappa shape index (κ1) is 28.1. The van der Waals surface area contributed by atoms with Crippen molar-refractivity contribution >= 4 is 27.4 Å². The van der Waals surface area contributed by atoms with Crippen LogP contribution in [0.4, 0.5) is 0 Å². The van der Waals surface area contributed by atoms with Crippen molar-refractivity contribution in [2.45, 2.75) is 81.3 Å². The van der Waals surface area contributed by atoms with Gasteiger partial charge in [-0.1, -0.05) is 54.8 Å². The highest BCUT2D eigenvalue weighted by Gasteiger charge is 2.40. The largest absolute Gasteiger partial charge is 0.353 e. The van der Waals surface area contributed by atoms with Gasteiger partial charge in [0.1, 0.15) is 6.04 Å². The molecule has 218 valence electrons. The standard InChI is InChI=1S/C32H40N4O4S/c1-21-5-10-27(11-6-21)41(39,40)36-16-15-34-32(38)30(36)20-31(37)35-29-4-2-3-25-18-23(9-12-28(25)29)24-13-14-33-26(19-24)17-22-7-8-22/h5-6,9-13,18,22,26,29-30,33H,2-4,7-8,14-17,19-20H2,1H3,(H,34,38)(H,35,37)/t26-,29+,30-/m1/s1. The molecule has 2 amide bonds. The lowest BCUT2D eigenvalue weighted by atomic mass is 9.84. The second kappa shape index (κ2) is 11.7. The summed E-state index contributed by atoms with van der Waals surface area (Å²) in [6.45, 7) is 3.14. The van der Waals surface area contributed by atoms with Gasteiger partial charge in [0.2, 0.25) is 21.8 Å². The van der Waals surface area contributed by atoms with Gasteiger partial charge in [-0.2, -0.15) is 4.31 Å². The molecule has 2 aliphatic heterocycles.